The second-order valence-corrected chi connectivity index (χ2v) is 13.1. The lowest BCUT2D eigenvalue weighted by Crippen LogP contribution is -2.58. The van der Waals surface area contributed by atoms with Gasteiger partial charge in [0.05, 0.1) is 0 Å². The summed E-state index contributed by atoms with van der Waals surface area (Å²) in [4.78, 5) is 55.8. The molecule has 0 aliphatic carbocycles. The Kier molecular flexibility index (Phi) is 16.4. The van der Waals surface area contributed by atoms with Gasteiger partial charge in [0.2, 0.25) is 23.6 Å². The molecule has 0 aliphatic rings. The van der Waals surface area contributed by atoms with Crippen molar-refractivity contribution in [1.29, 1.82) is 0 Å². The number of benzene rings is 1. The Balaban J connectivity index is 3.13. The third-order valence-electron chi connectivity index (χ3n) is 6.41. The normalized spacial score (nSPS) is 14.2. The Morgan fingerprint density at radius 1 is 0.818 bits per heavy atom. The first-order valence-corrected chi connectivity index (χ1v) is 16.2. The van der Waals surface area contributed by atoms with Crippen molar-refractivity contribution in [2.45, 2.75) is 90.9 Å². The maximum absolute atomic E-state index is 13.6. The number of aliphatic imine (C=N–C) groups is 1. The van der Waals surface area contributed by atoms with E-state index in [2.05, 4.69) is 26.3 Å². The number of carbonyl (C=O) groups excluding carboxylic acids is 4. The maximum Gasteiger partial charge on any atom is 0.304 e. The van der Waals surface area contributed by atoms with Crippen LogP contribution in [0.25, 0.3) is 0 Å². The molecule has 0 heterocycles. The van der Waals surface area contributed by atoms with Crippen LogP contribution in [0.5, 0.6) is 0 Å². The van der Waals surface area contributed by atoms with Crippen LogP contribution >= 0.6 is 0 Å². The SMILES string of the molecule is CC(=O)N[C@@H](Cc1ccccc1)C(=O)N[C@@H](CC(C)C)C(=O)N[C@@H](CC(C)C)C(=O)N[C@@H](CCCN=C(N)N)CS(=O)(=O)F. The molecule has 0 spiro atoms. The van der Waals surface area contributed by atoms with Gasteiger partial charge in [0.25, 0.3) is 0 Å². The summed E-state index contributed by atoms with van der Waals surface area (Å²) >= 11 is 0. The van der Waals surface area contributed by atoms with Crippen LogP contribution in [0.1, 0.15) is 65.9 Å². The standard InChI is InChI=1S/C29H48FN7O6S/c1-18(2)14-23(26(39)35-22(17-44(30,42)43)12-9-13-33-29(31)32)36-27(40)24(15-19(3)4)37-28(41)25(34-20(5)38)16-21-10-7-6-8-11-21/h6-8,10-11,18-19,22-25H,9,12-17H2,1-5H3,(H,34,38)(H,35,39)(H,36,40)(H,37,41)(H4,31,32,33)/t22-,23-,24-,25-/m0/s1. The van der Waals surface area contributed by atoms with Crippen molar-refractivity contribution in [3.63, 3.8) is 0 Å². The molecule has 0 saturated heterocycles. The second kappa shape index (κ2) is 18.8. The third kappa shape index (κ3) is 16.8. The molecule has 15 heteroatoms. The van der Waals surface area contributed by atoms with Crippen molar-refractivity contribution >= 4 is 39.8 Å². The third-order valence-corrected chi connectivity index (χ3v) is 7.21. The van der Waals surface area contributed by atoms with E-state index in [9.17, 15) is 31.5 Å². The summed E-state index contributed by atoms with van der Waals surface area (Å²) in [6.07, 6.45) is 0.944. The lowest BCUT2D eigenvalue weighted by Gasteiger charge is -2.28. The zero-order valence-electron chi connectivity index (χ0n) is 26.1. The molecule has 4 atom stereocenters. The number of nitrogens with zero attached hydrogens (tertiary/aromatic N) is 1. The van der Waals surface area contributed by atoms with Gasteiger partial charge in [-0.1, -0.05) is 58.0 Å². The van der Waals surface area contributed by atoms with E-state index in [4.69, 9.17) is 11.5 Å². The van der Waals surface area contributed by atoms with Crippen molar-refractivity contribution in [3.8, 4) is 0 Å². The van der Waals surface area contributed by atoms with Gasteiger partial charge >= 0.3 is 10.2 Å². The van der Waals surface area contributed by atoms with Gasteiger partial charge in [-0.3, -0.25) is 24.2 Å². The Morgan fingerprint density at radius 2 is 1.32 bits per heavy atom. The number of carbonyl (C=O) groups is 4. The van der Waals surface area contributed by atoms with E-state index < -0.39 is 63.8 Å². The van der Waals surface area contributed by atoms with Crippen molar-refractivity contribution < 1.29 is 31.5 Å². The zero-order valence-corrected chi connectivity index (χ0v) is 27.0. The van der Waals surface area contributed by atoms with E-state index in [1.165, 1.54) is 6.92 Å². The van der Waals surface area contributed by atoms with Crippen LogP contribution in [0.2, 0.25) is 0 Å². The average molecular weight is 642 g/mol. The lowest BCUT2D eigenvalue weighted by atomic mass is 9.99. The van der Waals surface area contributed by atoms with Gasteiger partial charge in [-0.15, -0.1) is 3.89 Å². The molecule has 44 heavy (non-hydrogen) atoms. The van der Waals surface area contributed by atoms with Crippen molar-refractivity contribution in [2.75, 3.05) is 12.3 Å². The fourth-order valence-electron chi connectivity index (χ4n) is 4.54. The minimum absolute atomic E-state index is 0.0267. The lowest BCUT2D eigenvalue weighted by molar-refractivity contribution is -0.134. The fraction of sp³-hybridized carbons (Fsp3) is 0.621. The zero-order chi connectivity index (χ0) is 33.4. The topological polar surface area (TPSA) is 215 Å². The second-order valence-electron chi connectivity index (χ2n) is 11.7. The number of hydrogen-bond donors (Lipinski definition) is 6. The van der Waals surface area contributed by atoms with E-state index in [0.29, 0.717) is 0 Å². The molecular weight excluding hydrogens is 593 g/mol. The smallest absolute Gasteiger partial charge is 0.304 e. The fourth-order valence-corrected chi connectivity index (χ4v) is 5.27. The van der Waals surface area contributed by atoms with Crippen LogP contribution in [0.15, 0.2) is 35.3 Å². The van der Waals surface area contributed by atoms with E-state index in [0.717, 1.165) is 5.56 Å². The first-order valence-electron chi connectivity index (χ1n) is 14.7. The molecule has 1 aromatic rings. The van der Waals surface area contributed by atoms with Gasteiger partial charge in [-0.25, -0.2) is 0 Å². The molecule has 8 N–H and O–H groups in total. The molecule has 0 aliphatic heterocycles. The number of guanidine groups is 1. The van der Waals surface area contributed by atoms with Gasteiger partial charge in [-0.2, -0.15) is 8.42 Å². The van der Waals surface area contributed by atoms with Crippen molar-refractivity contribution in [3.05, 3.63) is 35.9 Å². The van der Waals surface area contributed by atoms with Gasteiger partial charge in [0.1, 0.15) is 23.9 Å². The van der Waals surface area contributed by atoms with Crippen LogP contribution in [-0.4, -0.2) is 74.5 Å². The predicted molar refractivity (Wildman–Crippen MR) is 167 cm³/mol. The Labute approximate surface area is 259 Å². The van der Waals surface area contributed by atoms with E-state index in [1.54, 1.807) is 0 Å². The molecule has 4 amide bonds. The highest BCUT2D eigenvalue weighted by atomic mass is 32.3. The summed E-state index contributed by atoms with van der Waals surface area (Å²) in [7, 11) is -4.94. The molecule has 0 aromatic heterocycles. The van der Waals surface area contributed by atoms with Crippen molar-refractivity contribution in [2.24, 2.45) is 28.3 Å². The number of nitrogens with two attached hydrogens (primary N) is 2. The molecule has 13 nitrogen and oxygen atoms in total. The summed E-state index contributed by atoms with van der Waals surface area (Å²) < 4.78 is 36.4. The molecule has 0 radical (unpaired) electrons. The Hall–Kier alpha value is -3.75. The molecule has 1 rings (SSSR count). The minimum Gasteiger partial charge on any atom is -0.370 e. The van der Waals surface area contributed by atoms with Gasteiger partial charge in [0, 0.05) is 25.9 Å². The summed E-state index contributed by atoms with van der Waals surface area (Å²) in [5.74, 6) is -3.51. The molecule has 0 saturated carbocycles. The average Bonchev–Trinajstić information content (AvgIpc) is 2.88. The first-order chi connectivity index (χ1) is 20.5. The van der Waals surface area contributed by atoms with Gasteiger partial charge < -0.3 is 32.7 Å². The van der Waals surface area contributed by atoms with Crippen LogP contribution in [0.4, 0.5) is 3.89 Å². The van der Waals surface area contributed by atoms with Gasteiger partial charge in [-0.05, 0) is 43.1 Å². The number of hydrogen-bond acceptors (Lipinski definition) is 7. The van der Waals surface area contributed by atoms with E-state index >= 15 is 0 Å². The molecule has 0 unspecified atom stereocenters. The maximum atomic E-state index is 13.6. The summed E-state index contributed by atoms with van der Waals surface area (Å²) in [5, 5.41) is 10.6. The molecule has 1 aromatic carbocycles. The van der Waals surface area contributed by atoms with Crippen LogP contribution in [0.3, 0.4) is 0 Å². The van der Waals surface area contributed by atoms with Crippen molar-refractivity contribution in [1.82, 2.24) is 21.3 Å². The largest absolute Gasteiger partial charge is 0.370 e. The Bertz CT molecular complexity index is 1220. The molecule has 0 fully saturated rings. The van der Waals surface area contributed by atoms with Crippen LogP contribution in [-0.2, 0) is 35.8 Å². The molecule has 248 valence electrons. The first kappa shape index (κ1) is 38.3. The predicted octanol–water partition coefficient (Wildman–Crippen LogP) is 0.633. The summed E-state index contributed by atoms with van der Waals surface area (Å²) in [5.41, 5.74) is 11.4. The monoisotopic (exact) mass is 641 g/mol. The number of rotatable bonds is 19. The highest BCUT2D eigenvalue weighted by Gasteiger charge is 2.31. The van der Waals surface area contributed by atoms with E-state index in [-0.39, 0.29) is 56.4 Å². The van der Waals surface area contributed by atoms with Crippen LogP contribution in [0, 0.1) is 11.8 Å². The Morgan fingerprint density at radius 3 is 1.77 bits per heavy atom. The highest BCUT2D eigenvalue weighted by Crippen LogP contribution is 2.12. The quantitative estimate of drug-likeness (QED) is 0.0544. The summed E-state index contributed by atoms with van der Waals surface area (Å²) in [6.45, 7) is 8.84. The minimum atomic E-state index is -4.94. The molecular formula is C29H48FN7O6S. The number of amides is 4. The summed E-state index contributed by atoms with van der Waals surface area (Å²) in [6, 6.07) is 4.89. The number of nitrogens with one attached hydrogen (secondary N) is 4. The highest BCUT2D eigenvalue weighted by molar-refractivity contribution is 7.86. The van der Waals surface area contributed by atoms with Gasteiger partial charge in [0.15, 0.2) is 5.96 Å². The number of halogens is 1. The van der Waals surface area contributed by atoms with E-state index in [1.807, 2.05) is 58.0 Å². The molecule has 0 bridgehead atoms. The van der Waals surface area contributed by atoms with Crippen LogP contribution < -0.4 is 32.7 Å².